The van der Waals surface area contributed by atoms with Gasteiger partial charge in [-0.1, -0.05) is 36.4 Å². The first-order valence-electron chi connectivity index (χ1n) is 7.51. The zero-order chi connectivity index (χ0) is 15.4. The Morgan fingerprint density at radius 1 is 1.18 bits per heavy atom. The number of benzene rings is 1. The SMILES string of the molecule is N#CC1C=C(c2ccccc2)NC1SC1=CC=C(N)CCC1. The van der Waals surface area contributed by atoms with Crippen molar-refractivity contribution >= 4 is 17.5 Å². The molecular formula is C18H19N3S. The lowest BCUT2D eigenvalue weighted by Crippen LogP contribution is -2.24. The van der Waals surface area contributed by atoms with Gasteiger partial charge in [-0.25, -0.2) is 0 Å². The molecule has 3 nitrogen and oxygen atoms in total. The highest BCUT2D eigenvalue weighted by Gasteiger charge is 2.28. The van der Waals surface area contributed by atoms with E-state index in [4.69, 9.17) is 5.73 Å². The normalized spacial score (nSPS) is 24.4. The van der Waals surface area contributed by atoms with Crippen LogP contribution >= 0.6 is 11.8 Å². The van der Waals surface area contributed by atoms with Gasteiger partial charge in [0.05, 0.1) is 17.4 Å². The summed E-state index contributed by atoms with van der Waals surface area (Å²) in [5.74, 6) is -0.120. The molecule has 4 heteroatoms. The van der Waals surface area contributed by atoms with E-state index < -0.39 is 0 Å². The van der Waals surface area contributed by atoms with Gasteiger partial charge in [0.25, 0.3) is 0 Å². The van der Waals surface area contributed by atoms with Crippen LogP contribution in [0, 0.1) is 17.2 Å². The number of allylic oxidation sites excluding steroid dienone is 4. The smallest absolute Gasteiger partial charge is 0.0965 e. The number of hydrogen-bond donors (Lipinski definition) is 2. The molecule has 1 aliphatic carbocycles. The van der Waals surface area contributed by atoms with E-state index in [1.807, 2.05) is 30.4 Å². The third-order valence-electron chi connectivity index (χ3n) is 3.85. The monoisotopic (exact) mass is 309 g/mol. The molecule has 0 fully saturated rings. The second-order valence-electron chi connectivity index (χ2n) is 5.51. The number of nitrogens with two attached hydrogens (primary N) is 1. The predicted octanol–water partition coefficient (Wildman–Crippen LogP) is 3.74. The van der Waals surface area contributed by atoms with Crippen LogP contribution in [0.15, 0.2) is 59.2 Å². The van der Waals surface area contributed by atoms with Crippen LogP contribution in [-0.4, -0.2) is 5.37 Å². The fraction of sp³-hybridized carbons (Fsp3) is 0.278. The molecule has 0 radical (unpaired) electrons. The number of nitrogens with one attached hydrogen (secondary N) is 1. The second-order valence-corrected chi connectivity index (χ2v) is 6.78. The minimum atomic E-state index is -0.120. The summed E-state index contributed by atoms with van der Waals surface area (Å²) in [6.07, 6.45) is 9.19. The zero-order valence-corrected chi connectivity index (χ0v) is 13.1. The van der Waals surface area contributed by atoms with Gasteiger partial charge in [-0.15, -0.1) is 11.8 Å². The average molecular weight is 309 g/mol. The van der Waals surface area contributed by atoms with Crippen molar-refractivity contribution in [1.29, 1.82) is 5.26 Å². The van der Waals surface area contributed by atoms with Gasteiger partial charge in [0.1, 0.15) is 0 Å². The first-order valence-corrected chi connectivity index (χ1v) is 8.39. The minimum Gasteiger partial charge on any atom is -0.402 e. The zero-order valence-electron chi connectivity index (χ0n) is 12.3. The molecule has 22 heavy (non-hydrogen) atoms. The van der Waals surface area contributed by atoms with Gasteiger partial charge in [0.15, 0.2) is 0 Å². The van der Waals surface area contributed by atoms with Crippen LogP contribution in [0.4, 0.5) is 0 Å². The Balaban J connectivity index is 1.72. The van der Waals surface area contributed by atoms with Crippen LogP contribution in [0.5, 0.6) is 0 Å². The molecule has 3 N–H and O–H groups in total. The molecule has 1 heterocycles. The van der Waals surface area contributed by atoms with Gasteiger partial charge in [0, 0.05) is 11.4 Å². The predicted molar refractivity (Wildman–Crippen MR) is 92.2 cm³/mol. The summed E-state index contributed by atoms with van der Waals surface area (Å²) in [5, 5.41) is 13.0. The topological polar surface area (TPSA) is 61.8 Å². The Kier molecular flexibility index (Phi) is 4.55. The van der Waals surface area contributed by atoms with Crippen molar-refractivity contribution in [1.82, 2.24) is 5.32 Å². The van der Waals surface area contributed by atoms with E-state index in [9.17, 15) is 5.26 Å². The van der Waals surface area contributed by atoms with Crippen LogP contribution in [0.25, 0.3) is 5.70 Å². The lowest BCUT2D eigenvalue weighted by Gasteiger charge is -2.17. The molecule has 0 spiro atoms. The van der Waals surface area contributed by atoms with Crippen molar-refractivity contribution in [2.45, 2.75) is 24.6 Å². The Labute approximate surface area is 135 Å². The molecule has 0 bridgehead atoms. The van der Waals surface area contributed by atoms with Crippen LogP contribution < -0.4 is 11.1 Å². The van der Waals surface area contributed by atoms with Gasteiger partial charge in [-0.05, 0) is 41.9 Å². The first-order chi connectivity index (χ1) is 10.8. The van der Waals surface area contributed by atoms with Gasteiger partial charge in [-0.3, -0.25) is 0 Å². The molecule has 0 aromatic heterocycles. The maximum absolute atomic E-state index is 9.43. The summed E-state index contributed by atoms with van der Waals surface area (Å²) in [4.78, 5) is 1.29. The van der Waals surface area contributed by atoms with Crippen molar-refractivity contribution in [3.63, 3.8) is 0 Å². The highest BCUT2D eigenvalue weighted by molar-refractivity contribution is 8.03. The maximum atomic E-state index is 9.43. The quantitative estimate of drug-likeness (QED) is 0.893. The van der Waals surface area contributed by atoms with Gasteiger partial charge in [0.2, 0.25) is 0 Å². The average Bonchev–Trinajstić information content (AvgIpc) is 2.85. The third-order valence-corrected chi connectivity index (χ3v) is 5.16. The molecule has 1 aromatic carbocycles. The molecule has 3 rings (SSSR count). The highest BCUT2D eigenvalue weighted by Crippen LogP contribution is 2.36. The Morgan fingerprint density at radius 2 is 2.00 bits per heavy atom. The number of thioether (sulfide) groups is 1. The number of rotatable bonds is 3. The first kappa shape index (κ1) is 14.8. The molecule has 0 saturated carbocycles. The summed E-state index contributed by atoms with van der Waals surface area (Å²) in [5.41, 5.74) is 9.00. The highest BCUT2D eigenvalue weighted by atomic mass is 32.2. The van der Waals surface area contributed by atoms with Gasteiger partial charge < -0.3 is 11.1 Å². The summed E-state index contributed by atoms with van der Waals surface area (Å²) in [7, 11) is 0. The van der Waals surface area contributed by atoms with E-state index in [1.165, 1.54) is 4.91 Å². The largest absolute Gasteiger partial charge is 0.402 e. The van der Waals surface area contributed by atoms with Crippen molar-refractivity contribution in [2.24, 2.45) is 11.7 Å². The van der Waals surface area contributed by atoms with Crippen molar-refractivity contribution in [2.75, 3.05) is 0 Å². The molecule has 112 valence electrons. The molecule has 2 aliphatic rings. The maximum Gasteiger partial charge on any atom is 0.0965 e. The summed E-state index contributed by atoms with van der Waals surface area (Å²) in [6, 6.07) is 12.6. The Hall–Kier alpha value is -2.12. The number of nitriles is 1. The standard InChI is InChI=1S/C18H19N3S/c19-12-14-11-17(13-5-2-1-3-6-13)21-18(14)22-16-8-4-7-15(20)9-10-16/h1-3,5-6,9-11,14,18,21H,4,7-8,20H2. The molecule has 1 aliphatic heterocycles. The van der Waals surface area contributed by atoms with E-state index in [0.717, 1.165) is 36.2 Å². The summed E-state index contributed by atoms with van der Waals surface area (Å²) >= 11 is 1.75. The molecule has 2 atom stereocenters. The molecule has 0 saturated heterocycles. The second kappa shape index (κ2) is 6.76. The third kappa shape index (κ3) is 3.37. The minimum absolute atomic E-state index is 0.0687. The van der Waals surface area contributed by atoms with Crippen LogP contribution in [0.2, 0.25) is 0 Å². The lowest BCUT2D eigenvalue weighted by molar-refractivity contribution is 0.746. The van der Waals surface area contributed by atoms with E-state index in [-0.39, 0.29) is 11.3 Å². The van der Waals surface area contributed by atoms with Crippen LogP contribution in [0.3, 0.4) is 0 Å². The van der Waals surface area contributed by atoms with Crippen LogP contribution in [-0.2, 0) is 0 Å². The fourth-order valence-electron chi connectivity index (χ4n) is 2.66. The van der Waals surface area contributed by atoms with E-state index >= 15 is 0 Å². The van der Waals surface area contributed by atoms with Crippen molar-refractivity contribution in [3.05, 3.63) is 64.7 Å². The molecule has 2 unspecified atom stereocenters. The van der Waals surface area contributed by atoms with E-state index in [2.05, 4.69) is 29.6 Å². The molecule has 1 aromatic rings. The Morgan fingerprint density at radius 3 is 2.77 bits per heavy atom. The van der Waals surface area contributed by atoms with Gasteiger partial charge in [-0.2, -0.15) is 5.26 Å². The van der Waals surface area contributed by atoms with E-state index in [0.29, 0.717) is 0 Å². The van der Waals surface area contributed by atoms with Crippen molar-refractivity contribution < 1.29 is 0 Å². The summed E-state index contributed by atoms with van der Waals surface area (Å²) in [6.45, 7) is 0. The molecular weight excluding hydrogens is 290 g/mol. The Bertz CT molecular complexity index is 667. The van der Waals surface area contributed by atoms with Crippen LogP contribution in [0.1, 0.15) is 24.8 Å². The number of hydrogen-bond acceptors (Lipinski definition) is 4. The number of nitrogens with zero attached hydrogens (tertiary/aromatic N) is 1. The lowest BCUT2D eigenvalue weighted by atomic mass is 10.1. The van der Waals surface area contributed by atoms with Crippen molar-refractivity contribution in [3.8, 4) is 6.07 Å². The fourth-order valence-corrected chi connectivity index (χ4v) is 3.86. The summed E-state index contributed by atoms with van der Waals surface area (Å²) < 4.78 is 0. The molecule has 0 amide bonds. The van der Waals surface area contributed by atoms with Gasteiger partial charge >= 0.3 is 0 Å². The van der Waals surface area contributed by atoms with E-state index in [1.54, 1.807) is 11.8 Å².